The number of nitrogens with zero attached hydrogens (tertiary/aromatic N) is 1. The zero-order chi connectivity index (χ0) is 15.1. The highest BCUT2D eigenvalue weighted by Crippen LogP contribution is 2.09. The summed E-state index contributed by atoms with van der Waals surface area (Å²) in [6, 6.07) is 9.26. The van der Waals surface area contributed by atoms with Gasteiger partial charge in [-0.25, -0.2) is 13.1 Å². The van der Waals surface area contributed by atoms with E-state index in [9.17, 15) is 13.2 Å². The molecule has 1 N–H and O–H groups in total. The molecule has 0 bridgehead atoms. The van der Waals surface area contributed by atoms with Crippen LogP contribution in [0.2, 0.25) is 0 Å². The Hall–Kier alpha value is -1.66. The van der Waals surface area contributed by atoms with Gasteiger partial charge in [-0.1, -0.05) is 30.3 Å². The van der Waals surface area contributed by atoms with Crippen molar-refractivity contribution in [2.45, 2.75) is 19.3 Å². The molecule has 5 nitrogen and oxygen atoms in total. The van der Waals surface area contributed by atoms with E-state index in [0.717, 1.165) is 18.5 Å². The Morgan fingerprint density at radius 1 is 1.24 bits per heavy atom. The van der Waals surface area contributed by atoms with Crippen molar-refractivity contribution in [3.63, 3.8) is 0 Å². The zero-order valence-electron chi connectivity index (χ0n) is 11.9. The Labute approximate surface area is 125 Å². The van der Waals surface area contributed by atoms with Gasteiger partial charge in [0.05, 0.1) is 0 Å². The Morgan fingerprint density at radius 2 is 2.00 bits per heavy atom. The fourth-order valence-electron chi connectivity index (χ4n) is 2.21. The summed E-state index contributed by atoms with van der Waals surface area (Å²) < 4.78 is 26.1. The van der Waals surface area contributed by atoms with E-state index in [1.807, 2.05) is 30.3 Å². The van der Waals surface area contributed by atoms with Crippen LogP contribution in [0.1, 0.15) is 24.8 Å². The molecule has 1 fully saturated rings. The van der Waals surface area contributed by atoms with Crippen LogP contribution in [0.15, 0.2) is 35.7 Å². The molecule has 1 aromatic carbocycles. The largest absolute Gasteiger partial charge is 0.343 e. The molecule has 0 radical (unpaired) electrons. The quantitative estimate of drug-likeness (QED) is 0.778. The van der Waals surface area contributed by atoms with Crippen LogP contribution in [0.3, 0.4) is 0 Å². The summed E-state index contributed by atoms with van der Waals surface area (Å²) in [6.07, 6.45) is 3.71. The van der Waals surface area contributed by atoms with Crippen molar-refractivity contribution in [2.24, 2.45) is 0 Å². The number of sulfonamides is 1. The standard InChI is InChI=1S/C15H20N2O3S/c18-15-8-4-11-17(15)12-5-10-16-21(19,20)13-9-14-6-2-1-3-7-14/h1-3,6-7,9,13,16H,4-5,8,10-12H2/b13-9+. The van der Waals surface area contributed by atoms with Gasteiger partial charge in [-0.2, -0.15) is 0 Å². The number of rotatable bonds is 7. The fraction of sp³-hybridized carbons (Fsp3) is 0.400. The fourth-order valence-corrected chi connectivity index (χ4v) is 3.07. The van der Waals surface area contributed by atoms with E-state index in [2.05, 4.69) is 4.72 Å². The van der Waals surface area contributed by atoms with Gasteiger partial charge in [0.1, 0.15) is 0 Å². The second-order valence-electron chi connectivity index (χ2n) is 4.99. The molecule has 1 heterocycles. The smallest absolute Gasteiger partial charge is 0.233 e. The molecule has 1 saturated heterocycles. The number of carbonyl (C=O) groups excluding carboxylic acids is 1. The lowest BCUT2D eigenvalue weighted by Gasteiger charge is -2.14. The lowest BCUT2D eigenvalue weighted by molar-refractivity contribution is -0.127. The maximum Gasteiger partial charge on any atom is 0.233 e. The predicted molar refractivity (Wildman–Crippen MR) is 82.8 cm³/mol. The van der Waals surface area contributed by atoms with Gasteiger partial charge in [-0.15, -0.1) is 0 Å². The third kappa shape index (κ3) is 5.32. The molecule has 0 unspecified atom stereocenters. The lowest BCUT2D eigenvalue weighted by atomic mass is 10.2. The van der Waals surface area contributed by atoms with Gasteiger partial charge < -0.3 is 4.90 Å². The molecular formula is C15H20N2O3S. The molecule has 6 heteroatoms. The molecule has 1 aromatic rings. The van der Waals surface area contributed by atoms with E-state index in [0.29, 0.717) is 25.9 Å². The molecule has 21 heavy (non-hydrogen) atoms. The van der Waals surface area contributed by atoms with Crippen molar-refractivity contribution in [2.75, 3.05) is 19.6 Å². The maximum absolute atomic E-state index is 11.8. The normalized spacial score (nSPS) is 16.0. The first-order valence-corrected chi connectivity index (χ1v) is 8.62. The monoisotopic (exact) mass is 308 g/mol. The van der Waals surface area contributed by atoms with Gasteiger partial charge in [0.2, 0.25) is 15.9 Å². The van der Waals surface area contributed by atoms with Gasteiger partial charge in [-0.05, 0) is 24.5 Å². The van der Waals surface area contributed by atoms with E-state index in [4.69, 9.17) is 0 Å². The zero-order valence-corrected chi connectivity index (χ0v) is 12.7. The SMILES string of the molecule is O=C1CCCN1CCCNS(=O)(=O)/C=C/c1ccccc1. The highest BCUT2D eigenvalue weighted by atomic mass is 32.2. The molecule has 2 rings (SSSR count). The van der Waals surface area contributed by atoms with E-state index >= 15 is 0 Å². The highest BCUT2D eigenvalue weighted by Gasteiger charge is 2.19. The van der Waals surface area contributed by atoms with E-state index in [1.165, 1.54) is 5.41 Å². The average molecular weight is 308 g/mol. The van der Waals surface area contributed by atoms with Gasteiger partial charge >= 0.3 is 0 Å². The van der Waals surface area contributed by atoms with Crippen LogP contribution in [0.25, 0.3) is 6.08 Å². The van der Waals surface area contributed by atoms with Gasteiger partial charge in [0, 0.05) is 31.5 Å². The van der Waals surface area contributed by atoms with Crippen LogP contribution in [0, 0.1) is 0 Å². The summed E-state index contributed by atoms with van der Waals surface area (Å²) in [5.74, 6) is 0.168. The average Bonchev–Trinajstić information content (AvgIpc) is 2.88. The summed E-state index contributed by atoms with van der Waals surface area (Å²) in [5, 5.41) is 1.17. The summed E-state index contributed by atoms with van der Waals surface area (Å²) in [6.45, 7) is 1.74. The number of amides is 1. The van der Waals surface area contributed by atoms with E-state index in [-0.39, 0.29) is 5.91 Å². The van der Waals surface area contributed by atoms with Crippen molar-refractivity contribution in [3.05, 3.63) is 41.3 Å². The molecule has 1 aliphatic rings. The first-order chi connectivity index (χ1) is 10.1. The topological polar surface area (TPSA) is 66.5 Å². The van der Waals surface area contributed by atoms with Crippen molar-refractivity contribution in [3.8, 4) is 0 Å². The minimum Gasteiger partial charge on any atom is -0.343 e. The first-order valence-electron chi connectivity index (χ1n) is 7.07. The van der Waals surface area contributed by atoms with E-state index in [1.54, 1.807) is 11.0 Å². The predicted octanol–water partition coefficient (Wildman–Crippen LogP) is 1.59. The van der Waals surface area contributed by atoms with E-state index < -0.39 is 10.0 Å². The van der Waals surface area contributed by atoms with Crippen molar-refractivity contribution in [1.29, 1.82) is 0 Å². The minimum atomic E-state index is -3.42. The van der Waals surface area contributed by atoms with Gasteiger partial charge in [0.15, 0.2) is 0 Å². The number of likely N-dealkylation sites (tertiary alicyclic amines) is 1. The van der Waals surface area contributed by atoms with Crippen LogP contribution in [-0.2, 0) is 14.8 Å². The summed E-state index contributed by atoms with van der Waals surface area (Å²) >= 11 is 0. The number of hydrogen-bond donors (Lipinski definition) is 1. The third-order valence-electron chi connectivity index (χ3n) is 3.32. The number of hydrogen-bond acceptors (Lipinski definition) is 3. The molecule has 0 atom stereocenters. The summed E-state index contributed by atoms with van der Waals surface area (Å²) in [7, 11) is -3.42. The Morgan fingerprint density at radius 3 is 2.67 bits per heavy atom. The number of nitrogens with one attached hydrogen (secondary N) is 1. The first kappa shape index (κ1) is 15.7. The van der Waals surface area contributed by atoms with Gasteiger partial charge in [0.25, 0.3) is 0 Å². The van der Waals surface area contributed by atoms with Crippen LogP contribution < -0.4 is 4.72 Å². The van der Waals surface area contributed by atoms with Crippen molar-refractivity contribution < 1.29 is 13.2 Å². The Bertz CT molecular complexity index is 597. The second kappa shape index (κ2) is 7.38. The molecule has 114 valence electrons. The third-order valence-corrected chi connectivity index (χ3v) is 4.42. The maximum atomic E-state index is 11.8. The second-order valence-corrected chi connectivity index (χ2v) is 6.64. The van der Waals surface area contributed by atoms with Crippen LogP contribution in [-0.4, -0.2) is 38.9 Å². The van der Waals surface area contributed by atoms with Crippen molar-refractivity contribution >= 4 is 22.0 Å². The molecule has 1 aliphatic heterocycles. The molecule has 0 aliphatic carbocycles. The Kier molecular flexibility index (Phi) is 5.52. The Balaban J connectivity index is 1.74. The molecule has 0 saturated carbocycles. The highest BCUT2D eigenvalue weighted by molar-refractivity contribution is 7.92. The van der Waals surface area contributed by atoms with Gasteiger partial charge in [-0.3, -0.25) is 4.79 Å². The molecule has 0 spiro atoms. The summed E-state index contributed by atoms with van der Waals surface area (Å²) in [5.41, 5.74) is 0.838. The van der Waals surface area contributed by atoms with Crippen LogP contribution >= 0.6 is 0 Å². The van der Waals surface area contributed by atoms with Crippen LogP contribution in [0.5, 0.6) is 0 Å². The lowest BCUT2D eigenvalue weighted by Crippen LogP contribution is -2.29. The molecular weight excluding hydrogens is 288 g/mol. The number of carbonyl (C=O) groups is 1. The summed E-state index contributed by atoms with van der Waals surface area (Å²) in [4.78, 5) is 13.2. The molecule has 1 amide bonds. The number of benzene rings is 1. The van der Waals surface area contributed by atoms with Crippen molar-refractivity contribution in [1.82, 2.24) is 9.62 Å². The minimum absolute atomic E-state index is 0.168. The molecule has 0 aromatic heterocycles. The van der Waals surface area contributed by atoms with Crippen LogP contribution in [0.4, 0.5) is 0 Å².